The summed E-state index contributed by atoms with van der Waals surface area (Å²) < 4.78 is 0. The fourth-order valence-electron chi connectivity index (χ4n) is 6.64. The van der Waals surface area contributed by atoms with Gasteiger partial charge in [0.25, 0.3) is 5.91 Å². The van der Waals surface area contributed by atoms with Crippen molar-refractivity contribution in [2.24, 2.45) is 23.2 Å². The largest absolute Gasteiger partial charge is 0.355 e. The SMILES string of the molecule is CC(=O)NCCNCCCc1ccc(Cl)c(C(=O)NCC23CC4CC(CC(C4)C2)C3)c1.Cl. The number of hydrogen-bond donors (Lipinski definition) is 3. The number of amides is 2. The van der Waals surface area contributed by atoms with Crippen molar-refractivity contribution >= 4 is 35.8 Å². The van der Waals surface area contributed by atoms with Crippen molar-refractivity contribution in [3.63, 3.8) is 0 Å². The molecule has 0 radical (unpaired) electrons. The van der Waals surface area contributed by atoms with Gasteiger partial charge in [-0.15, -0.1) is 12.4 Å². The second-order valence-corrected chi connectivity index (χ2v) is 10.7. The number of carbonyl (C=O) groups excluding carboxylic acids is 2. The molecule has 4 saturated carbocycles. The molecule has 7 heteroatoms. The van der Waals surface area contributed by atoms with Gasteiger partial charge in [0.1, 0.15) is 0 Å². The van der Waals surface area contributed by atoms with Crippen LogP contribution in [0.4, 0.5) is 0 Å². The van der Waals surface area contributed by atoms with Crippen LogP contribution in [0.2, 0.25) is 5.02 Å². The Bertz CT molecular complexity index is 779. The van der Waals surface area contributed by atoms with Gasteiger partial charge in [0.2, 0.25) is 5.91 Å². The third-order valence-electron chi connectivity index (χ3n) is 7.56. The third kappa shape index (κ3) is 6.39. The summed E-state index contributed by atoms with van der Waals surface area (Å²) in [5, 5.41) is 9.88. The first-order valence-corrected chi connectivity index (χ1v) is 12.3. The highest BCUT2D eigenvalue weighted by molar-refractivity contribution is 6.33. The second kappa shape index (κ2) is 11.2. The zero-order valence-electron chi connectivity index (χ0n) is 19.1. The first-order valence-electron chi connectivity index (χ1n) is 11.9. The zero-order valence-corrected chi connectivity index (χ0v) is 20.6. The molecule has 4 aliphatic carbocycles. The van der Waals surface area contributed by atoms with Gasteiger partial charge in [0.15, 0.2) is 0 Å². The summed E-state index contributed by atoms with van der Waals surface area (Å²) in [7, 11) is 0. The molecular formula is C25H37Cl2N3O2. The fourth-order valence-corrected chi connectivity index (χ4v) is 6.84. The summed E-state index contributed by atoms with van der Waals surface area (Å²) in [6, 6.07) is 5.81. The van der Waals surface area contributed by atoms with Gasteiger partial charge in [-0.1, -0.05) is 17.7 Å². The Morgan fingerprint density at radius 1 is 1.00 bits per heavy atom. The number of hydrogen-bond acceptors (Lipinski definition) is 3. The summed E-state index contributed by atoms with van der Waals surface area (Å²) in [6.07, 6.45) is 10.00. The number of nitrogens with one attached hydrogen (secondary N) is 3. The molecule has 1 aromatic carbocycles. The van der Waals surface area contributed by atoms with Gasteiger partial charge in [-0.25, -0.2) is 0 Å². The molecule has 4 bridgehead atoms. The van der Waals surface area contributed by atoms with Gasteiger partial charge in [-0.3, -0.25) is 9.59 Å². The molecule has 0 saturated heterocycles. The maximum Gasteiger partial charge on any atom is 0.252 e. The van der Waals surface area contributed by atoms with Gasteiger partial charge in [0, 0.05) is 26.6 Å². The minimum atomic E-state index is -0.0315. The maximum absolute atomic E-state index is 13.0. The predicted octanol–water partition coefficient (Wildman–Crippen LogP) is 4.37. The third-order valence-corrected chi connectivity index (χ3v) is 7.89. The van der Waals surface area contributed by atoms with Crippen molar-refractivity contribution < 1.29 is 9.59 Å². The van der Waals surface area contributed by atoms with Crippen LogP contribution in [0, 0.1) is 23.2 Å². The minimum absolute atomic E-state index is 0. The van der Waals surface area contributed by atoms with E-state index in [0.717, 1.165) is 55.8 Å². The molecule has 0 spiro atoms. The average molecular weight is 482 g/mol. The summed E-state index contributed by atoms with van der Waals surface area (Å²) in [4.78, 5) is 23.8. The van der Waals surface area contributed by atoms with E-state index in [4.69, 9.17) is 11.6 Å². The van der Waals surface area contributed by atoms with Gasteiger partial charge < -0.3 is 16.0 Å². The lowest BCUT2D eigenvalue weighted by molar-refractivity contribution is -0.118. The quantitative estimate of drug-likeness (QED) is 0.434. The molecule has 0 aliphatic heterocycles. The molecule has 0 heterocycles. The molecule has 5 rings (SSSR count). The number of halogens is 2. The Morgan fingerprint density at radius 2 is 1.66 bits per heavy atom. The van der Waals surface area contributed by atoms with Crippen molar-refractivity contribution in [2.75, 3.05) is 26.2 Å². The topological polar surface area (TPSA) is 70.2 Å². The molecular weight excluding hydrogens is 445 g/mol. The molecule has 0 unspecified atom stereocenters. The summed E-state index contributed by atoms with van der Waals surface area (Å²) in [6.45, 7) is 4.60. The maximum atomic E-state index is 13.0. The van der Waals surface area contributed by atoms with Crippen LogP contribution in [0.5, 0.6) is 0 Å². The van der Waals surface area contributed by atoms with Crippen molar-refractivity contribution in [2.45, 2.75) is 58.3 Å². The van der Waals surface area contributed by atoms with Crippen LogP contribution in [0.3, 0.4) is 0 Å². The highest BCUT2D eigenvalue weighted by atomic mass is 35.5. The number of carbonyl (C=O) groups is 2. The first-order chi connectivity index (χ1) is 14.9. The number of benzene rings is 1. The van der Waals surface area contributed by atoms with Crippen LogP contribution in [-0.2, 0) is 11.2 Å². The lowest BCUT2D eigenvalue weighted by Crippen LogP contribution is -2.51. The fraction of sp³-hybridized carbons (Fsp3) is 0.680. The summed E-state index contributed by atoms with van der Waals surface area (Å²) in [5.41, 5.74) is 2.06. The molecule has 3 N–H and O–H groups in total. The Hall–Kier alpha value is -1.30. The van der Waals surface area contributed by atoms with Crippen LogP contribution >= 0.6 is 24.0 Å². The zero-order chi connectivity index (χ0) is 21.8. The van der Waals surface area contributed by atoms with Crippen LogP contribution in [-0.4, -0.2) is 38.0 Å². The van der Waals surface area contributed by atoms with E-state index in [2.05, 4.69) is 16.0 Å². The van der Waals surface area contributed by atoms with Crippen LogP contribution < -0.4 is 16.0 Å². The van der Waals surface area contributed by atoms with E-state index in [-0.39, 0.29) is 24.2 Å². The summed E-state index contributed by atoms with van der Waals surface area (Å²) >= 11 is 6.38. The minimum Gasteiger partial charge on any atom is -0.355 e. The van der Waals surface area contributed by atoms with E-state index in [1.165, 1.54) is 45.4 Å². The molecule has 0 aromatic heterocycles. The smallest absolute Gasteiger partial charge is 0.252 e. The van der Waals surface area contributed by atoms with Gasteiger partial charge in [-0.2, -0.15) is 0 Å². The molecule has 1 aromatic rings. The molecule has 178 valence electrons. The highest BCUT2D eigenvalue weighted by Gasteiger charge is 2.50. The Morgan fingerprint density at radius 3 is 2.28 bits per heavy atom. The van der Waals surface area contributed by atoms with Crippen molar-refractivity contribution in [1.29, 1.82) is 0 Å². The predicted molar refractivity (Wildman–Crippen MR) is 132 cm³/mol. The van der Waals surface area contributed by atoms with E-state index in [1.54, 1.807) is 0 Å². The van der Waals surface area contributed by atoms with Crippen LogP contribution in [0.15, 0.2) is 18.2 Å². The molecule has 32 heavy (non-hydrogen) atoms. The van der Waals surface area contributed by atoms with E-state index in [9.17, 15) is 9.59 Å². The Labute approximate surface area is 203 Å². The van der Waals surface area contributed by atoms with Crippen LogP contribution in [0.25, 0.3) is 0 Å². The van der Waals surface area contributed by atoms with E-state index < -0.39 is 0 Å². The lowest BCUT2D eigenvalue weighted by atomic mass is 9.49. The van der Waals surface area contributed by atoms with E-state index in [1.807, 2.05) is 18.2 Å². The molecule has 4 fully saturated rings. The standard InChI is InChI=1S/C25H36ClN3O2.ClH/c1-17(30)28-8-7-27-6-2-3-18-4-5-23(26)22(12-18)24(31)29-16-25-13-19-9-20(14-25)11-21(10-19)15-25;/h4-5,12,19-21,27H,2-3,6-11,13-16H2,1H3,(H,28,30)(H,29,31);1H. The van der Waals surface area contributed by atoms with Gasteiger partial charge >= 0.3 is 0 Å². The van der Waals surface area contributed by atoms with Gasteiger partial charge in [0.05, 0.1) is 10.6 Å². The van der Waals surface area contributed by atoms with E-state index in [0.29, 0.717) is 22.5 Å². The lowest BCUT2D eigenvalue weighted by Gasteiger charge is -2.56. The normalized spacial score (nSPS) is 27.6. The second-order valence-electron chi connectivity index (χ2n) is 10.3. The van der Waals surface area contributed by atoms with Crippen molar-refractivity contribution in [3.05, 3.63) is 34.3 Å². The summed E-state index contributed by atoms with van der Waals surface area (Å²) in [5.74, 6) is 2.64. The van der Waals surface area contributed by atoms with Crippen molar-refractivity contribution in [3.8, 4) is 0 Å². The molecule has 0 atom stereocenters. The Kier molecular flexibility index (Phi) is 8.88. The van der Waals surface area contributed by atoms with Gasteiger partial charge in [-0.05, 0) is 98.8 Å². The first kappa shape index (κ1) is 25.3. The van der Waals surface area contributed by atoms with Crippen LogP contribution in [0.1, 0.15) is 67.8 Å². The molecule has 4 aliphatic rings. The van der Waals surface area contributed by atoms with E-state index >= 15 is 0 Å². The Balaban J connectivity index is 0.00000289. The number of rotatable bonds is 10. The monoisotopic (exact) mass is 481 g/mol. The molecule has 2 amide bonds. The molecule has 5 nitrogen and oxygen atoms in total. The van der Waals surface area contributed by atoms with Crippen molar-refractivity contribution in [1.82, 2.24) is 16.0 Å². The number of aryl methyl sites for hydroxylation is 1. The highest BCUT2D eigenvalue weighted by Crippen LogP contribution is 2.59. The average Bonchev–Trinajstić information content (AvgIpc) is 2.71.